The van der Waals surface area contributed by atoms with Gasteiger partial charge in [-0.1, -0.05) is 0 Å². The Bertz CT molecular complexity index is 147. The molecule has 0 aromatic carbocycles. The van der Waals surface area contributed by atoms with Gasteiger partial charge in [0, 0.05) is 0 Å². The van der Waals surface area contributed by atoms with Crippen LogP contribution in [-0.2, 0) is 0 Å². The summed E-state index contributed by atoms with van der Waals surface area (Å²) in [5, 5.41) is 1.18. The minimum atomic E-state index is 1.15. The zero-order valence-electron chi connectivity index (χ0n) is 3.50. The summed E-state index contributed by atoms with van der Waals surface area (Å²) in [6.45, 7) is 1.15. The molecule has 36 valence electrons. The molecule has 1 aromatic heterocycles. The molecule has 0 unspecified atom stereocenters. The molecule has 0 N–H and O–H groups in total. The molecule has 0 amide bonds. The van der Waals surface area contributed by atoms with Crippen molar-refractivity contribution in [2.75, 3.05) is 0 Å². The van der Waals surface area contributed by atoms with Crippen molar-refractivity contribution in [2.24, 2.45) is 0 Å². The van der Waals surface area contributed by atoms with Gasteiger partial charge in [-0.2, -0.15) is 0 Å². The first kappa shape index (κ1) is 5.24. The van der Waals surface area contributed by atoms with Crippen LogP contribution in [0.4, 0.5) is 0 Å². The summed E-state index contributed by atoms with van der Waals surface area (Å²) in [5.74, 6) is 0. The van der Waals surface area contributed by atoms with Crippen molar-refractivity contribution in [3.05, 3.63) is 18.6 Å². The third-order valence-corrected chi connectivity index (χ3v) is 2.40. The van der Waals surface area contributed by atoms with Crippen molar-refractivity contribution in [2.45, 2.75) is 0 Å². The van der Waals surface area contributed by atoms with Gasteiger partial charge in [-0.15, -0.1) is 0 Å². The Balaban J connectivity index is 2.96. The zero-order valence-corrected chi connectivity index (χ0v) is 6.10. The molecule has 0 radical (unpaired) electrons. The van der Waals surface area contributed by atoms with E-state index < -0.39 is 0 Å². The molecule has 0 bridgehead atoms. The normalized spacial score (nSPS) is 9.71. The average molecular weight is 177 g/mol. The van der Waals surface area contributed by atoms with Crippen LogP contribution in [0.25, 0.3) is 0 Å². The Morgan fingerprint density at radius 2 is 2.57 bits per heavy atom. The van der Waals surface area contributed by atoms with E-state index in [1.807, 2.05) is 6.07 Å². The third kappa shape index (κ3) is 1.24. The molecule has 7 heavy (non-hydrogen) atoms. The van der Waals surface area contributed by atoms with Gasteiger partial charge in [0.15, 0.2) is 0 Å². The van der Waals surface area contributed by atoms with Crippen molar-refractivity contribution in [3.63, 3.8) is 0 Å². The topological polar surface area (TPSA) is 13.1 Å². The molecule has 1 aromatic rings. The standard InChI is InChI=1S/C4H3OPSe/c7-6-4-1-2-5-3-4/h1-3H. The summed E-state index contributed by atoms with van der Waals surface area (Å²) < 4.78 is 4.78. The fourth-order valence-corrected chi connectivity index (χ4v) is 1.19. The van der Waals surface area contributed by atoms with Gasteiger partial charge in [0.25, 0.3) is 0 Å². The molecule has 0 saturated heterocycles. The van der Waals surface area contributed by atoms with Gasteiger partial charge in [-0.3, -0.25) is 0 Å². The second-order valence-corrected chi connectivity index (χ2v) is 2.92. The Morgan fingerprint density at radius 3 is 2.86 bits per heavy atom. The van der Waals surface area contributed by atoms with Crippen LogP contribution in [-0.4, -0.2) is 15.1 Å². The van der Waals surface area contributed by atoms with Gasteiger partial charge in [0.1, 0.15) is 0 Å². The molecular formula is C4H3OPSe. The van der Waals surface area contributed by atoms with Gasteiger partial charge >= 0.3 is 50.2 Å². The van der Waals surface area contributed by atoms with Crippen molar-refractivity contribution in [1.82, 2.24) is 0 Å². The number of rotatable bonds is 1. The van der Waals surface area contributed by atoms with Crippen LogP contribution < -0.4 is 5.30 Å². The first-order chi connectivity index (χ1) is 3.43. The first-order valence-electron chi connectivity index (χ1n) is 1.79. The molecule has 0 saturated carbocycles. The van der Waals surface area contributed by atoms with E-state index in [-0.39, 0.29) is 0 Å². The molecule has 1 heterocycles. The third-order valence-electron chi connectivity index (χ3n) is 0.612. The van der Waals surface area contributed by atoms with E-state index in [0.29, 0.717) is 0 Å². The van der Waals surface area contributed by atoms with Crippen molar-refractivity contribution in [3.8, 4) is 0 Å². The van der Waals surface area contributed by atoms with E-state index in [9.17, 15) is 0 Å². The second-order valence-electron chi connectivity index (χ2n) is 1.07. The van der Waals surface area contributed by atoms with Gasteiger partial charge in [-0.05, 0) is 0 Å². The Hall–Kier alpha value is 0.0995. The van der Waals surface area contributed by atoms with E-state index in [0.717, 1.165) is 6.83 Å². The van der Waals surface area contributed by atoms with Crippen LogP contribution in [0, 0.1) is 0 Å². The molecule has 0 fully saturated rings. The number of hydrogen-bond donors (Lipinski definition) is 0. The molecule has 1 nitrogen and oxygen atoms in total. The second kappa shape index (κ2) is 2.42. The minimum absolute atomic E-state index is 1.15. The molecule has 1 rings (SSSR count). The van der Waals surface area contributed by atoms with Gasteiger partial charge in [0.2, 0.25) is 0 Å². The summed E-state index contributed by atoms with van der Waals surface area (Å²) in [6.07, 6.45) is 3.39. The maximum absolute atomic E-state index is 4.78. The van der Waals surface area contributed by atoms with Gasteiger partial charge < -0.3 is 0 Å². The predicted octanol–water partition coefficient (Wildman–Crippen LogP) is 0.935. The van der Waals surface area contributed by atoms with E-state index in [4.69, 9.17) is 4.42 Å². The molecule has 0 atom stereocenters. The summed E-state index contributed by atoms with van der Waals surface area (Å²) in [5.41, 5.74) is 0. The van der Waals surface area contributed by atoms with Crippen molar-refractivity contribution in [1.29, 1.82) is 0 Å². The summed E-state index contributed by atoms with van der Waals surface area (Å²) >= 11 is 2.86. The van der Waals surface area contributed by atoms with Crippen molar-refractivity contribution >= 4 is 27.2 Å². The van der Waals surface area contributed by atoms with Crippen LogP contribution in [0.1, 0.15) is 0 Å². The molecule has 0 aliphatic carbocycles. The Kier molecular flexibility index (Phi) is 1.81. The van der Waals surface area contributed by atoms with Crippen molar-refractivity contribution < 1.29 is 4.42 Å². The maximum atomic E-state index is 4.78. The quantitative estimate of drug-likeness (QED) is 0.459. The molecule has 0 aliphatic heterocycles. The zero-order chi connectivity index (χ0) is 5.11. The van der Waals surface area contributed by atoms with Gasteiger partial charge in [-0.25, -0.2) is 0 Å². The summed E-state index contributed by atoms with van der Waals surface area (Å²) in [4.78, 5) is 0. The molecule has 3 heteroatoms. The van der Waals surface area contributed by atoms with E-state index in [1.165, 1.54) is 5.30 Å². The monoisotopic (exact) mass is 178 g/mol. The fraction of sp³-hybridized carbons (Fsp3) is 0. The summed E-state index contributed by atoms with van der Waals surface area (Å²) in [6, 6.07) is 1.93. The van der Waals surface area contributed by atoms with Crippen LogP contribution in [0.3, 0.4) is 0 Å². The average Bonchev–Trinajstić information content (AvgIpc) is 2.14. The molecule has 0 aliphatic rings. The van der Waals surface area contributed by atoms with Gasteiger partial charge in [0.05, 0.1) is 0 Å². The van der Waals surface area contributed by atoms with E-state index in [2.05, 4.69) is 15.1 Å². The Morgan fingerprint density at radius 1 is 1.71 bits per heavy atom. The van der Waals surface area contributed by atoms with Crippen LogP contribution >= 0.6 is 6.83 Å². The van der Waals surface area contributed by atoms with E-state index >= 15 is 0 Å². The Labute approximate surface area is 50.8 Å². The van der Waals surface area contributed by atoms with E-state index in [1.54, 1.807) is 12.5 Å². The number of hydrogen-bond acceptors (Lipinski definition) is 1. The number of furan rings is 1. The predicted molar refractivity (Wildman–Crippen MR) is 31.0 cm³/mol. The molecular weight excluding hydrogens is 174 g/mol. The fourth-order valence-electron chi connectivity index (χ4n) is 0.309. The first-order valence-corrected chi connectivity index (χ1v) is 4.90. The SMILES string of the molecule is [Se]=Pc1ccoc1. The van der Waals surface area contributed by atoms with Crippen LogP contribution in [0.5, 0.6) is 0 Å². The summed E-state index contributed by atoms with van der Waals surface area (Å²) in [7, 11) is 0. The molecule has 0 spiro atoms. The van der Waals surface area contributed by atoms with Crippen LogP contribution in [0.2, 0.25) is 0 Å². The van der Waals surface area contributed by atoms with Crippen LogP contribution in [0.15, 0.2) is 23.0 Å².